The van der Waals surface area contributed by atoms with Crippen molar-refractivity contribution in [1.29, 1.82) is 0 Å². The normalized spacial score (nSPS) is 11.5. The van der Waals surface area contributed by atoms with Gasteiger partial charge in [-0.2, -0.15) is 0 Å². The Morgan fingerprint density at radius 1 is 0.423 bits per heavy atom. The van der Waals surface area contributed by atoms with Crippen LogP contribution in [0.1, 0.15) is 0 Å². The molecular weight excluding hydrogens is 641 g/mol. The van der Waals surface area contributed by atoms with E-state index in [0.29, 0.717) is 5.71 Å². The van der Waals surface area contributed by atoms with Gasteiger partial charge in [0.15, 0.2) is 0 Å². The van der Waals surface area contributed by atoms with Crippen LogP contribution in [0.3, 0.4) is 0 Å². The highest BCUT2D eigenvalue weighted by Crippen LogP contribution is 2.38. The van der Waals surface area contributed by atoms with Crippen LogP contribution in [0.15, 0.2) is 175 Å². The third-order valence-corrected chi connectivity index (χ3v) is 9.48. The Bertz CT molecular complexity index is 2780. The summed E-state index contributed by atoms with van der Waals surface area (Å²) in [4.78, 5) is 25.6. The summed E-state index contributed by atoms with van der Waals surface area (Å²) in [5.41, 5.74) is 12.0. The van der Waals surface area contributed by atoms with Crippen LogP contribution in [0.25, 0.3) is 77.6 Å². The number of anilines is 3. The monoisotopic (exact) mass is 668 g/mol. The molecule has 0 saturated carbocycles. The lowest BCUT2D eigenvalue weighted by Gasteiger charge is -2.26. The summed E-state index contributed by atoms with van der Waals surface area (Å²) in [5.74, 6) is 0. The van der Waals surface area contributed by atoms with E-state index >= 15 is 0 Å². The first-order valence-electron chi connectivity index (χ1n) is 17.0. The molecule has 0 aliphatic heterocycles. The number of furan rings is 1. The van der Waals surface area contributed by atoms with Crippen molar-refractivity contribution in [3.8, 4) is 33.8 Å². The Morgan fingerprint density at radius 2 is 0.942 bits per heavy atom. The van der Waals surface area contributed by atoms with Gasteiger partial charge >= 0.3 is 0 Å². The minimum Gasteiger partial charge on any atom is -0.438 e. The average Bonchev–Trinajstić information content (AvgIpc) is 3.59. The van der Waals surface area contributed by atoms with Gasteiger partial charge < -0.3 is 9.32 Å². The van der Waals surface area contributed by atoms with Gasteiger partial charge in [0, 0.05) is 80.1 Å². The van der Waals surface area contributed by atoms with E-state index in [9.17, 15) is 0 Å². The minimum absolute atomic E-state index is 0.637. The number of benzene rings is 4. The Balaban J connectivity index is 1.02. The Labute approximate surface area is 298 Å². The van der Waals surface area contributed by atoms with Gasteiger partial charge in [-0.05, 0) is 91.0 Å². The topological polar surface area (TPSA) is 80.8 Å². The van der Waals surface area contributed by atoms with Gasteiger partial charge in [0.1, 0.15) is 5.58 Å². The predicted octanol–water partition coefficient (Wildman–Crippen LogP) is 11.3. The van der Waals surface area contributed by atoms with Crippen molar-refractivity contribution >= 4 is 60.9 Å². The number of aromatic nitrogens is 5. The fourth-order valence-electron chi connectivity index (χ4n) is 6.80. The fraction of sp³-hybridized carbons (Fsp3) is 0. The van der Waals surface area contributed by atoms with E-state index in [-0.39, 0.29) is 0 Å². The molecule has 0 bridgehead atoms. The van der Waals surface area contributed by atoms with Crippen LogP contribution >= 0.6 is 0 Å². The van der Waals surface area contributed by atoms with E-state index in [1.54, 1.807) is 0 Å². The molecule has 0 aliphatic rings. The molecule has 0 amide bonds. The molecule has 0 atom stereocenters. The molecule has 7 nitrogen and oxygen atoms in total. The highest BCUT2D eigenvalue weighted by Gasteiger charge is 2.16. The lowest BCUT2D eigenvalue weighted by atomic mass is 10.1. The standard InChI is InChI=1S/C45H28N6O/c1-2-8-44-37(7-1)38-21-22-39(50-45(38)52-44)29-9-15-34(16-10-29)51(35-17-11-30(12-18-35)40-25-42-32(27-48-40)5-3-23-46-42)36-19-13-31(14-20-36)41-26-43-33(28-49-41)6-4-24-47-43/h1-28H. The molecule has 0 N–H and O–H groups in total. The molecule has 0 fully saturated rings. The molecule has 0 unspecified atom stereocenters. The quantitative estimate of drug-likeness (QED) is 0.174. The van der Waals surface area contributed by atoms with Crippen molar-refractivity contribution in [1.82, 2.24) is 24.9 Å². The van der Waals surface area contributed by atoms with Crippen molar-refractivity contribution < 1.29 is 4.42 Å². The molecule has 0 spiro atoms. The molecule has 0 aliphatic carbocycles. The number of para-hydroxylation sites is 1. The zero-order valence-corrected chi connectivity index (χ0v) is 27.8. The first kappa shape index (κ1) is 29.6. The summed E-state index contributed by atoms with van der Waals surface area (Å²) < 4.78 is 6.08. The highest BCUT2D eigenvalue weighted by molar-refractivity contribution is 6.04. The maximum Gasteiger partial charge on any atom is 0.227 e. The lowest BCUT2D eigenvalue weighted by molar-refractivity contribution is 0.654. The van der Waals surface area contributed by atoms with Crippen LogP contribution in [0.4, 0.5) is 17.1 Å². The molecular formula is C45H28N6O. The third kappa shape index (κ3) is 5.28. The molecule has 7 heteroatoms. The van der Waals surface area contributed by atoms with Gasteiger partial charge in [0.05, 0.1) is 28.1 Å². The van der Waals surface area contributed by atoms with E-state index in [1.807, 2.05) is 79.4 Å². The van der Waals surface area contributed by atoms with Gasteiger partial charge in [0.25, 0.3) is 0 Å². The Morgan fingerprint density at radius 3 is 1.50 bits per heavy atom. The summed E-state index contributed by atoms with van der Waals surface area (Å²) >= 11 is 0. The maximum absolute atomic E-state index is 6.08. The summed E-state index contributed by atoms with van der Waals surface area (Å²) in [6.45, 7) is 0. The SMILES string of the molecule is c1cnc2cc(-c3ccc(N(c4ccc(-c5cc6ncccc6cn5)cc4)c4ccc(-c5ccc6c(n5)oc5ccccc56)cc4)cc3)ncc2c1. The van der Waals surface area contributed by atoms with E-state index in [4.69, 9.17) is 19.4 Å². The fourth-order valence-corrected chi connectivity index (χ4v) is 6.80. The lowest BCUT2D eigenvalue weighted by Crippen LogP contribution is -2.09. The predicted molar refractivity (Wildman–Crippen MR) is 209 cm³/mol. The summed E-state index contributed by atoms with van der Waals surface area (Å²) in [6.07, 6.45) is 7.37. The molecule has 6 heterocycles. The van der Waals surface area contributed by atoms with Crippen molar-refractivity contribution in [3.05, 3.63) is 170 Å². The van der Waals surface area contributed by atoms with E-state index in [0.717, 1.165) is 89.0 Å². The van der Waals surface area contributed by atoms with Crippen LogP contribution in [0.5, 0.6) is 0 Å². The molecule has 244 valence electrons. The zero-order valence-electron chi connectivity index (χ0n) is 27.8. The minimum atomic E-state index is 0.637. The highest BCUT2D eigenvalue weighted by atomic mass is 16.3. The molecule has 6 aromatic heterocycles. The van der Waals surface area contributed by atoms with Crippen molar-refractivity contribution in [2.45, 2.75) is 0 Å². The molecule has 52 heavy (non-hydrogen) atoms. The van der Waals surface area contributed by atoms with Crippen LogP contribution in [-0.4, -0.2) is 24.9 Å². The smallest absolute Gasteiger partial charge is 0.227 e. The third-order valence-electron chi connectivity index (χ3n) is 9.48. The van der Waals surface area contributed by atoms with E-state index < -0.39 is 0 Å². The summed E-state index contributed by atoms with van der Waals surface area (Å²) in [7, 11) is 0. The van der Waals surface area contributed by atoms with Gasteiger partial charge in [-0.15, -0.1) is 0 Å². The van der Waals surface area contributed by atoms with Gasteiger partial charge in [-0.1, -0.05) is 54.6 Å². The van der Waals surface area contributed by atoms with Crippen LogP contribution in [0, 0.1) is 0 Å². The number of hydrogen-bond acceptors (Lipinski definition) is 7. The molecule has 10 rings (SSSR count). The Hall–Kier alpha value is -7.25. The second kappa shape index (κ2) is 12.3. The van der Waals surface area contributed by atoms with E-state index in [1.165, 1.54) is 0 Å². The first-order chi connectivity index (χ1) is 25.7. The van der Waals surface area contributed by atoms with E-state index in [2.05, 4.69) is 106 Å². The second-order valence-electron chi connectivity index (χ2n) is 12.7. The number of fused-ring (bicyclic) bond motifs is 5. The van der Waals surface area contributed by atoms with Crippen molar-refractivity contribution in [2.75, 3.05) is 4.90 Å². The number of hydrogen-bond donors (Lipinski definition) is 0. The maximum atomic E-state index is 6.08. The van der Waals surface area contributed by atoms with Crippen molar-refractivity contribution in [2.24, 2.45) is 0 Å². The number of rotatable bonds is 6. The average molecular weight is 669 g/mol. The number of pyridine rings is 5. The zero-order chi connectivity index (χ0) is 34.4. The molecule has 0 radical (unpaired) electrons. The largest absolute Gasteiger partial charge is 0.438 e. The first-order valence-corrected chi connectivity index (χ1v) is 17.0. The van der Waals surface area contributed by atoms with Gasteiger partial charge in [0.2, 0.25) is 5.71 Å². The molecule has 0 saturated heterocycles. The van der Waals surface area contributed by atoms with Crippen molar-refractivity contribution in [3.63, 3.8) is 0 Å². The van der Waals surface area contributed by atoms with Crippen LogP contribution in [-0.2, 0) is 0 Å². The molecule has 10 aromatic rings. The van der Waals surface area contributed by atoms with Gasteiger partial charge in [-0.3, -0.25) is 19.9 Å². The van der Waals surface area contributed by atoms with Gasteiger partial charge in [-0.25, -0.2) is 4.98 Å². The molecule has 4 aromatic carbocycles. The van der Waals surface area contributed by atoms with Crippen LogP contribution < -0.4 is 4.90 Å². The Kier molecular flexibility index (Phi) is 6.99. The summed E-state index contributed by atoms with van der Waals surface area (Å²) in [6, 6.07) is 49.6. The van der Waals surface area contributed by atoms with Crippen LogP contribution in [0.2, 0.25) is 0 Å². The number of nitrogens with zero attached hydrogens (tertiary/aromatic N) is 6. The second-order valence-corrected chi connectivity index (χ2v) is 12.7. The summed E-state index contributed by atoms with van der Waals surface area (Å²) in [5, 5.41) is 4.12.